The molecule has 0 spiro atoms. The first-order chi connectivity index (χ1) is 20.6. The van der Waals surface area contributed by atoms with Gasteiger partial charge in [-0.3, -0.25) is 29.2 Å². The van der Waals surface area contributed by atoms with Crippen LogP contribution in [0.5, 0.6) is 0 Å². The average Bonchev–Trinajstić information content (AvgIpc) is 3.62. The number of aromatic nitrogens is 8. The van der Waals surface area contributed by atoms with Crippen LogP contribution in [-0.2, 0) is 13.1 Å². The summed E-state index contributed by atoms with van der Waals surface area (Å²) < 4.78 is 2.85. The molecular formula is C22H29N15O6. The SMILES string of the molecule is CNc1cn(CCn2cc(NC(=O)c3ccc(=N)n(N)n3)c(C=O)n2)nc1C(=O)O.CO.N/N=c1/ccc(C=O)nn1N. The van der Waals surface area contributed by atoms with E-state index in [2.05, 4.69) is 36.1 Å². The fourth-order valence-corrected chi connectivity index (χ4v) is 3.17. The first-order valence-electron chi connectivity index (χ1n) is 11.8. The lowest BCUT2D eigenvalue weighted by molar-refractivity contribution is 0.0689. The Morgan fingerprint density at radius 2 is 1.60 bits per heavy atom. The number of aromatic carboxylic acids is 1. The zero-order valence-electron chi connectivity index (χ0n) is 22.8. The number of hydrogen-bond acceptors (Lipinski definition) is 15. The fourth-order valence-electron chi connectivity index (χ4n) is 3.17. The number of carboxylic acid groups (broad SMARTS) is 1. The van der Waals surface area contributed by atoms with E-state index < -0.39 is 11.9 Å². The van der Waals surface area contributed by atoms with Crippen LogP contribution in [0.15, 0.2) is 41.8 Å². The predicted octanol–water partition coefficient (Wildman–Crippen LogP) is -3.23. The Hall–Kier alpha value is -6.38. The number of anilines is 2. The van der Waals surface area contributed by atoms with Gasteiger partial charge in [-0.1, -0.05) is 0 Å². The smallest absolute Gasteiger partial charge is 0.358 e. The van der Waals surface area contributed by atoms with E-state index in [0.717, 1.165) is 16.7 Å². The summed E-state index contributed by atoms with van der Waals surface area (Å²) in [7, 11) is 2.59. The van der Waals surface area contributed by atoms with Gasteiger partial charge in [-0.25, -0.2) is 4.79 Å². The van der Waals surface area contributed by atoms with Crippen molar-refractivity contribution in [2.75, 3.05) is 36.5 Å². The van der Waals surface area contributed by atoms with Crippen molar-refractivity contribution < 1.29 is 29.4 Å². The number of aliphatic hydroxyl groups excluding tert-OH is 1. The van der Waals surface area contributed by atoms with Crippen LogP contribution in [0.2, 0.25) is 0 Å². The minimum atomic E-state index is -1.16. The second kappa shape index (κ2) is 15.4. The molecule has 0 saturated heterocycles. The van der Waals surface area contributed by atoms with Crippen LogP contribution in [0, 0.1) is 5.41 Å². The number of aldehydes is 2. The molecule has 21 heteroatoms. The van der Waals surface area contributed by atoms with Gasteiger partial charge in [-0.2, -0.15) is 24.9 Å². The van der Waals surface area contributed by atoms with Gasteiger partial charge in [0, 0.05) is 26.6 Å². The predicted molar refractivity (Wildman–Crippen MR) is 148 cm³/mol. The second-order valence-electron chi connectivity index (χ2n) is 7.83. The number of rotatable bonds is 9. The highest BCUT2D eigenvalue weighted by molar-refractivity contribution is 6.04. The van der Waals surface area contributed by atoms with Gasteiger partial charge in [0.05, 0.1) is 24.5 Å². The molecule has 11 N–H and O–H groups in total. The normalized spacial score (nSPS) is 10.4. The number of carbonyl (C=O) groups is 4. The van der Waals surface area contributed by atoms with Gasteiger partial charge in [0.2, 0.25) is 0 Å². The van der Waals surface area contributed by atoms with Gasteiger partial charge in [-0.15, -0.1) is 10.2 Å². The van der Waals surface area contributed by atoms with Crippen molar-refractivity contribution in [3.63, 3.8) is 0 Å². The van der Waals surface area contributed by atoms with E-state index in [0.29, 0.717) is 23.7 Å². The molecule has 4 aromatic heterocycles. The van der Waals surface area contributed by atoms with Crippen molar-refractivity contribution >= 4 is 35.8 Å². The summed E-state index contributed by atoms with van der Waals surface area (Å²) >= 11 is 0. The first-order valence-corrected chi connectivity index (χ1v) is 11.8. The van der Waals surface area contributed by atoms with Gasteiger partial charge in [0.15, 0.2) is 34.9 Å². The van der Waals surface area contributed by atoms with Crippen LogP contribution in [0.25, 0.3) is 0 Å². The molecule has 0 aliphatic heterocycles. The first kappa shape index (κ1) is 32.8. The lowest BCUT2D eigenvalue weighted by atomic mass is 10.3. The number of hydrogen-bond donors (Lipinski definition) is 8. The molecule has 0 atom stereocenters. The Labute approximate surface area is 241 Å². The molecule has 0 saturated carbocycles. The molecule has 0 bridgehead atoms. The van der Waals surface area contributed by atoms with E-state index in [1.54, 1.807) is 13.2 Å². The molecule has 0 aromatic carbocycles. The van der Waals surface area contributed by atoms with Crippen LogP contribution in [-0.4, -0.2) is 88.2 Å². The third-order valence-corrected chi connectivity index (χ3v) is 5.15. The lowest BCUT2D eigenvalue weighted by Crippen LogP contribution is -2.31. The van der Waals surface area contributed by atoms with E-state index in [1.807, 2.05) is 0 Å². The van der Waals surface area contributed by atoms with Crippen molar-refractivity contribution in [1.82, 2.24) is 39.3 Å². The molecule has 0 radical (unpaired) electrons. The largest absolute Gasteiger partial charge is 0.476 e. The summed E-state index contributed by atoms with van der Waals surface area (Å²) in [5, 5.41) is 47.6. The molecule has 0 aliphatic carbocycles. The van der Waals surface area contributed by atoms with Gasteiger partial charge in [0.25, 0.3) is 5.91 Å². The number of nitrogen functional groups attached to an aromatic ring is 2. The van der Waals surface area contributed by atoms with Crippen LogP contribution < -0.4 is 39.1 Å². The molecule has 1 amide bonds. The minimum Gasteiger partial charge on any atom is -0.476 e. The van der Waals surface area contributed by atoms with Crippen LogP contribution in [0.3, 0.4) is 0 Å². The number of nitrogens with one attached hydrogen (secondary N) is 3. The third kappa shape index (κ3) is 8.55. The molecule has 4 aromatic rings. The third-order valence-electron chi connectivity index (χ3n) is 5.15. The molecular weight excluding hydrogens is 570 g/mol. The standard InChI is InChI=1S/C16H18N10O4.C5H7N5O.CH4O/c1-19-11-7-25(23-14(11)16(29)30)5-4-24-6-10(12(8-27)21-24)20-15(28)9-2-3-13(17)26(18)22-9;6-8-5-2-1-4(3-11)9-10(5)7;1-2/h2-3,6-8,17,19H,4-5,18H2,1H3,(H,20,28)(H,29,30);1-3H,6-7H2;2H,1H3/b;8-5-;. The summed E-state index contributed by atoms with van der Waals surface area (Å²) in [4.78, 5) is 46.7. The van der Waals surface area contributed by atoms with Crippen molar-refractivity contribution in [2.24, 2.45) is 10.9 Å². The molecule has 0 aliphatic rings. The number of amides is 1. The molecule has 228 valence electrons. The average molecular weight is 600 g/mol. The minimum absolute atomic E-state index is 0.00342. The Bertz CT molecular complexity index is 1720. The van der Waals surface area contributed by atoms with Crippen molar-refractivity contribution in [1.29, 1.82) is 5.41 Å². The molecule has 43 heavy (non-hydrogen) atoms. The maximum atomic E-state index is 12.3. The zero-order valence-corrected chi connectivity index (χ0v) is 22.8. The van der Waals surface area contributed by atoms with E-state index in [1.165, 1.54) is 39.8 Å². The molecule has 21 nitrogen and oxygen atoms in total. The number of aliphatic hydroxyl groups is 1. The topological polar surface area (TPSA) is 318 Å². The van der Waals surface area contributed by atoms with Crippen LogP contribution >= 0.6 is 0 Å². The summed E-state index contributed by atoms with van der Waals surface area (Å²) in [6, 6.07) is 5.60. The van der Waals surface area contributed by atoms with E-state index in [4.69, 9.17) is 33.2 Å². The van der Waals surface area contributed by atoms with Gasteiger partial charge in [-0.05, 0) is 24.3 Å². The molecule has 4 rings (SSSR count). The van der Waals surface area contributed by atoms with Crippen molar-refractivity contribution in [3.8, 4) is 0 Å². The molecule has 0 fully saturated rings. The lowest BCUT2D eigenvalue weighted by Gasteiger charge is -2.04. The van der Waals surface area contributed by atoms with Crippen molar-refractivity contribution in [3.05, 3.63) is 70.4 Å². The van der Waals surface area contributed by atoms with E-state index >= 15 is 0 Å². The van der Waals surface area contributed by atoms with Crippen LogP contribution in [0.1, 0.15) is 42.0 Å². The van der Waals surface area contributed by atoms with Crippen molar-refractivity contribution in [2.45, 2.75) is 13.1 Å². The number of carbonyl (C=O) groups excluding carboxylic acids is 3. The summed E-state index contributed by atoms with van der Waals surface area (Å²) in [5.74, 6) is 13.9. The summed E-state index contributed by atoms with van der Waals surface area (Å²) in [6.45, 7) is 0.532. The van der Waals surface area contributed by atoms with Crippen LogP contribution in [0.4, 0.5) is 11.4 Å². The van der Waals surface area contributed by atoms with Gasteiger partial charge in [0.1, 0.15) is 11.4 Å². The zero-order chi connectivity index (χ0) is 32.1. The van der Waals surface area contributed by atoms with Gasteiger partial charge >= 0.3 is 5.97 Å². The number of nitrogens with two attached hydrogens (primary N) is 3. The molecule has 0 unspecified atom stereocenters. The highest BCUT2D eigenvalue weighted by atomic mass is 16.4. The number of nitrogens with zero attached hydrogens (tertiary/aromatic N) is 9. The Kier molecular flexibility index (Phi) is 11.8. The maximum absolute atomic E-state index is 12.3. The molecule has 4 heterocycles. The summed E-state index contributed by atoms with van der Waals surface area (Å²) in [6.07, 6.45) is 4.08. The monoisotopic (exact) mass is 599 g/mol. The Morgan fingerprint density at radius 1 is 0.953 bits per heavy atom. The van der Waals surface area contributed by atoms with Gasteiger partial charge < -0.3 is 38.4 Å². The quantitative estimate of drug-likeness (QED) is 0.0533. The fraction of sp³-hybridized carbons (Fsp3) is 0.182. The second-order valence-corrected chi connectivity index (χ2v) is 7.83. The number of aryl methyl sites for hydroxylation is 2. The highest BCUT2D eigenvalue weighted by Crippen LogP contribution is 2.15. The summed E-state index contributed by atoms with van der Waals surface area (Å²) in [5.41, 5.74) is 0.835. The Balaban J connectivity index is 0.000000415. The Morgan fingerprint density at radius 3 is 2.12 bits per heavy atom. The highest BCUT2D eigenvalue weighted by Gasteiger charge is 2.16. The maximum Gasteiger partial charge on any atom is 0.358 e. The number of carboxylic acids is 1. The van der Waals surface area contributed by atoms with E-state index in [9.17, 15) is 19.2 Å². The van der Waals surface area contributed by atoms with E-state index in [-0.39, 0.29) is 47.0 Å².